The minimum absolute atomic E-state index is 0.0749. The summed E-state index contributed by atoms with van der Waals surface area (Å²) in [5.74, 6) is 0.719. The SMILES string of the molecule is COc1ccc(Br)cc1/C=C/c1n[nH]c(=O)c(C#N)c1C. The van der Waals surface area contributed by atoms with Crippen LogP contribution in [0.1, 0.15) is 22.4 Å². The van der Waals surface area contributed by atoms with Gasteiger partial charge in [-0.3, -0.25) is 4.79 Å². The highest BCUT2D eigenvalue weighted by atomic mass is 79.9. The molecule has 0 aliphatic rings. The van der Waals surface area contributed by atoms with Crippen molar-refractivity contribution in [3.8, 4) is 11.8 Å². The van der Waals surface area contributed by atoms with Crippen LogP contribution < -0.4 is 10.3 Å². The van der Waals surface area contributed by atoms with Gasteiger partial charge in [-0.2, -0.15) is 10.4 Å². The molecule has 0 atom stereocenters. The first-order chi connectivity index (χ1) is 10.1. The number of nitrogens with zero attached hydrogens (tertiary/aromatic N) is 2. The number of ether oxygens (including phenoxy) is 1. The molecular formula is C15H12BrN3O2. The quantitative estimate of drug-likeness (QED) is 0.927. The molecule has 1 N–H and O–H groups in total. The van der Waals surface area contributed by atoms with Gasteiger partial charge in [-0.05, 0) is 42.8 Å². The van der Waals surface area contributed by atoms with Crippen LogP contribution in [0.5, 0.6) is 5.75 Å². The molecule has 0 radical (unpaired) electrons. The third kappa shape index (κ3) is 3.20. The number of aromatic nitrogens is 2. The average molecular weight is 346 g/mol. The van der Waals surface area contributed by atoms with E-state index in [0.29, 0.717) is 11.3 Å². The number of H-pyrrole nitrogens is 1. The molecule has 0 spiro atoms. The van der Waals surface area contributed by atoms with Gasteiger partial charge >= 0.3 is 0 Å². The Balaban J connectivity index is 2.46. The summed E-state index contributed by atoms with van der Waals surface area (Å²) in [5, 5.41) is 15.2. The molecule has 0 unspecified atom stereocenters. The van der Waals surface area contributed by atoms with Crippen molar-refractivity contribution in [1.29, 1.82) is 5.26 Å². The fraction of sp³-hybridized carbons (Fsp3) is 0.133. The van der Waals surface area contributed by atoms with Crippen molar-refractivity contribution in [2.45, 2.75) is 6.92 Å². The molecule has 2 aromatic rings. The van der Waals surface area contributed by atoms with Gasteiger partial charge in [-0.25, -0.2) is 5.10 Å². The van der Waals surface area contributed by atoms with Crippen molar-refractivity contribution in [1.82, 2.24) is 10.2 Å². The third-order valence-electron chi connectivity index (χ3n) is 2.99. The first-order valence-electron chi connectivity index (χ1n) is 6.08. The summed E-state index contributed by atoms with van der Waals surface area (Å²) >= 11 is 3.40. The molecule has 106 valence electrons. The highest BCUT2D eigenvalue weighted by Crippen LogP contribution is 2.25. The molecule has 0 bridgehead atoms. The molecule has 21 heavy (non-hydrogen) atoms. The van der Waals surface area contributed by atoms with E-state index < -0.39 is 5.56 Å². The van der Waals surface area contributed by atoms with Gasteiger partial charge in [-0.15, -0.1) is 0 Å². The smallest absolute Gasteiger partial charge is 0.282 e. The molecule has 5 nitrogen and oxygen atoms in total. The van der Waals surface area contributed by atoms with E-state index >= 15 is 0 Å². The maximum absolute atomic E-state index is 11.5. The zero-order valence-electron chi connectivity index (χ0n) is 11.5. The minimum atomic E-state index is -0.479. The maximum Gasteiger partial charge on any atom is 0.282 e. The standard InChI is InChI=1S/C15H12BrN3O2/c1-9-12(8-17)15(20)19-18-13(9)5-3-10-7-11(16)4-6-14(10)21-2/h3-7H,1-2H3,(H,19,20)/b5-3+. The first kappa shape index (κ1) is 15.0. The summed E-state index contributed by atoms with van der Waals surface area (Å²) in [6.45, 7) is 1.69. The van der Waals surface area contributed by atoms with Gasteiger partial charge in [0.15, 0.2) is 0 Å². The highest BCUT2D eigenvalue weighted by molar-refractivity contribution is 9.10. The maximum atomic E-state index is 11.5. The molecule has 6 heteroatoms. The van der Waals surface area contributed by atoms with Gasteiger partial charge in [0.25, 0.3) is 5.56 Å². The molecule has 1 heterocycles. The predicted molar refractivity (Wildman–Crippen MR) is 83.9 cm³/mol. The van der Waals surface area contributed by atoms with Crippen LogP contribution in [0.25, 0.3) is 12.2 Å². The van der Waals surface area contributed by atoms with Gasteiger partial charge in [-0.1, -0.05) is 15.9 Å². The van der Waals surface area contributed by atoms with Crippen molar-refractivity contribution in [3.63, 3.8) is 0 Å². The topological polar surface area (TPSA) is 78.8 Å². The van der Waals surface area contributed by atoms with E-state index in [1.807, 2.05) is 30.3 Å². The Hall–Kier alpha value is -2.39. The van der Waals surface area contributed by atoms with E-state index in [9.17, 15) is 4.79 Å². The van der Waals surface area contributed by atoms with E-state index in [4.69, 9.17) is 10.00 Å². The lowest BCUT2D eigenvalue weighted by atomic mass is 10.1. The second-order valence-corrected chi connectivity index (χ2v) is 5.19. The van der Waals surface area contributed by atoms with Crippen molar-refractivity contribution in [3.05, 3.63) is 55.4 Å². The molecule has 2 rings (SSSR count). The Morgan fingerprint density at radius 1 is 1.43 bits per heavy atom. The van der Waals surface area contributed by atoms with Crippen LogP contribution in [-0.2, 0) is 0 Å². The van der Waals surface area contributed by atoms with Gasteiger partial charge in [0.2, 0.25) is 0 Å². The zero-order valence-corrected chi connectivity index (χ0v) is 13.1. The molecule has 0 fully saturated rings. The second kappa shape index (κ2) is 6.37. The summed E-state index contributed by atoms with van der Waals surface area (Å²) < 4.78 is 6.20. The Kier molecular flexibility index (Phi) is 4.55. The lowest BCUT2D eigenvalue weighted by Crippen LogP contribution is -2.15. The van der Waals surface area contributed by atoms with E-state index in [2.05, 4.69) is 26.1 Å². The van der Waals surface area contributed by atoms with E-state index in [-0.39, 0.29) is 5.56 Å². The third-order valence-corrected chi connectivity index (χ3v) is 3.48. The minimum Gasteiger partial charge on any atom is -0.496 e. The Labute approximate surface area is 130 Å². The lowest BCUT2D eigenvalue weighted by molar-refractivity contribution is 0.414. The number of aromatic amines is 1. The van der Waals surface area contributed by atoms with Crippen LogP contribution in [0.2, 0.25) is 0 Å². The summed E-state index contributed by atoms with van der Waals surface area (Å²) in [6, 6.07) is 7.52. The average Bonchev–Trinajstić information content (AvgIpc) is 2.47. The Bertz CT molecular complexity index is 804. The number of halogens is 1. The van der Waals surface area contributed by atoms with E-state index in [0.717, 1.165) is 15.8 Å². The monoisotopic (exact) mass is 345 g/mol. The van der Waals surface area contributed by atoms with Crippen molar-refractivity contribution in [2.75, 3.05) is 7.11 Å². The van der Waals surface area contributed by atoms with Crippen LogP contribution in [0.15, 0.2) is 27.5 Å². The van der Waals surface area contributed by atoms with Crippen LogP contribution in [0, 0.1) is 18.3 Å². The highest BCUT2D eigenvalue weighted by Gasteiger charge is 2.08. The fourth-order valence-corrected chi connectivity index (χ4v) is 2.23. The van der Waals surface area contributed by atoms with Crippen LogP contribution in [0.4, 0.5) is 0 Å². The van der Waals surface area contributed by atoms with Gasteiger partial charge in [0, 0.05) is 10.0 Å². The molecular weight excluding hydrogens is 334 g/mol. The number of hydrogen-bond acceptors (Lipinski definition) is 4. The van der Waals surface area contributed by atoms with Gasteiger partial charge in [0.05, 0.1) is 12.8 Å². The largest absolute Gasteiger partial charge is 0.496 e. The number of methoxy groups -OCH3 is 1. The van der Waals surface area contributed by atoms with Crippen molar-refractivity contribution in [2.24, 2.45) is 0 Å². The first-order valence-corrected chi connectivity index (χ1v) is 6.87. The molecule has 0 saturated carbocycles. The number of rotatable bonds is 3. The molecule has 0 aliphatic carbocycles. The molecule has 0 aliphatic heterocycles. The van der Waals surface area contributed by atoms with Crippen LogP contribution >= 0.6 is 15.9 Å². The van der Waals surface area contributed by atoms with E-state index in [1.165, 1.54) is 0 Å². The number of nitriles is 1. The molecule has 1 aromatic carbocycles. The Morgan fingerprint density at radius 2 is 2.19 bits per heavy atom. The summed E-state index contributed by atoms with van der Waals surface area (Å²) in [4.78, 5) is 11.5. The summed E-state index contributed by atoms with van der Waals surface area (Å²) in [6.07, 6.45) is 3.55. The second-order valence-electron chi connectivity index (χ2n) is 4.27. The zero-order chi connectivity index (χ0) is 15.4. The predicted octanol–water partition coefficient (Wildman–Crippen LogP) is 2.89. The number of benzene rings is 1. The van der Waals surface area contributed by atoms with Gasteiger partial charge in [0.1, 0.15) is 17.4 Å². The fourth-order valence-electron chi connectivity index (χ4n) is 1.85. The summed E-state index contributed by atoms with van der Waals surface area (Å²) in [5.41, 5.74) is 1.54. The summed E-state index contributed by atoms with van der Waals surface area (Å²) in [7, 11) is 1.60. The van der Waals surface area contributed by atoms with Crippen molar-refractivity contribution >= 4 is 28.1 Å². The molecule has 0 amide bonds. The van der Waals surface area contributed by atoms with E-state index in [1.54, 1.807) is 20.1 Å². The Morgan fingerprint density at radius 3 is 2.86 bits per heavy atom. The number of nitrogens with one attached hydrogen (secondary N) is 1. The molecule has 0 saturated heterocycles. The number of hydrogen-bond donors (Lipinski definition) is 1. The van der Waals surface area contributed by atoms with Crippen molar-refractivity contribution < 1.29 is 4.74 Å². The normalized spacial score (nSPS) is 10.6. The van der Waals surface area contributed by atoms with Crippen LogP contribution in [-0.4, -0.2) is 17.3 Å². The molecule has 1 aromatic heterocycles. The van der Waals surface area contributed by atoms with Gasteiger partial charge < -0.3 is 4.74 Å². The lowest BCUT2D eigenvalue weighted by Gasteiger charge is -2.05. The van der Waals surface area contributed by atoms with Crippen LogP contribution in [0.3, 0.4) is 0 Å².